The Morgan fingerprint density at radius 2 is 0.900 bits per heavy atom. The standard InChI is InChI=1S/C38H50N6O6/c1-23(2)31-35(47)39-27(21-25-13-7-5-8-14-25)37(49)44-20-12-18-30(44)34(46)42-32(24(3)4)36(48)40-28(22-26-15-9-6-10-16-26)38(50)43-19-11-17-29(43)33(45)41-31/h5-10,13-16,23-24,27-32H,11-12,17-22H2,1-4H3,(H,39,47)(H,40,48)(H,41,45)(H,42,46)/t27-,28-,29+,30+,31+,32+/m1/s1. The lowest BCUT2D eigenvalue weighted by Crippen LogP contribution is -2.62. The van der Waals surface area contributed by atoms with Gasteiger partial charge in [-0.15, -0.1) is 0 Å². The molecule has 0 bridgehead atoms. The molecular formula is C38H50N6O6. The van der Waals surface area contributed by atoms with Crippen LogP contribution in [0.4, 0.5) is 0 Å². The summed E-state index contributed by atoms with van der Waals surface area (Å²) in [4.78, 5) is 87.2. The number of carbonyl (C=O) groups excluding carboxylic acids is 6. The lowest BCUT2D eigenvalue weighted by molar-refractivity contribution is -0.145. The molecule has 3 aliphatic rings. The van der Waals surface area contributed by atoms with Crippen LogP contribution in [0.3, 0.4) is 0 Å². The lowest BCUT2D eigenvalue weighted by Gasteiger charge is -2.34. The molecule has 3 saturated heterocycles. The molecule has 0 spiro atoms. The van der Waals surface area contributed by atoms with E-state index < -0.39 is 71.7 Å². The SMILES string of the molecule is CC(C)[C@@H]1NC(=O)[C@@H]2CCCN2C(=O)[C@@H](Cc2ccccc2)NC(=O)[C@H](C(C)C)NC(=O)[C@@H]2CCCN2C(=O)[C@@H](Cc2ccccc2)NC1=O. The van der Waals surface area contributed by atoms with Crippen LogP contribution in [0.5, 0.6) is 0 Å². The van der Waals surface area contributed by atoms with Gasteiger partial charge < -0.3 is 31.1 Å². The summed E-state index contributed by atoms with van der Waals surface area (Å²) in [6.07, 6.45) is 2.30. The molecule has 5 rings (SSSR count). The van der Waals surface area contributed by atoms with Crippen LogP contribution in [-0.2, 0) is 41.6 Å². The van der Waals surface area contributed by atoms with Crippen LogP contribution in [0, 0.1) is 11.8 Å². The van der Waals surface area contributed by atoms with Gasteiger partial charge in [0.2, 0.25) is 35.4 Å². The largest absolute Gasteiger partial charge is 0.342 e. The molecule has 3 aliphatic heterocycles. The number of fused-ring (bicyclic) bond motifs is 2. The quantitative estimate of drug-likeness (QED) is 0.363. The third-order valence-electron chi connectivity index (χ3n) is 9.97. The first-order valence-electron chi connectivity index (χ1n) is 17.8. The average Bonchev–Trinajstić information content (AvgIpc) is 3.79. The molecule has 50 heavy (non-hydrogen) atoms. The van der Waals surface area contributed by atoms with Crippen LogP contribution in [-0.4, -0.2) is 94.6 Å². The zero-order valence-corrected chi connectivity index (χ0v) is 29.4. The molecule has 2 aromatic carbocycles. The van der Waals surface area contributed by atoms with Crippen molar-refractivity contribution < 1.29 is 28.8 Å². The number of carbonyl (C=O) groups is 6. The molecular weight excluding hydrogens is 636 g/mol. The van der Waals surface area contributed by atoms with Crippen molar-refractivity contribution in [3.05, 3.63) is 71.8 Å². The number of hydrogen-bond donors (Lipinski definition) is 4. The predicted molar refractivity (Wildman–Crippen MR) is 187 cm³/mol. The molecule has 4 N–H and O–H groups in total. The van der Waals surface area contributed by atoms with Crippen LogP contribution < -0.4 is 21.3 Å². The second-order valence-corrected chi connectivity index (χ2v) is 14.3. The summed E-state index contributed by atoms with van der Waals surface area (Å²) in [7, 11) is 0. The maximum atomic E-state index is 14.3. The van der Waals surface area contributed by atoms with Crippen molar-refractivity contribution in [3.8, 4) is 0 Å². The van der Waals surface area contributed by atoms with E-state index in [0.717, 1.165) is 11.1 Å². The molecule has 0 saturated carbocycles. The van der Waals surface area contributed by atoms with E-state index in [0.29, 0.717) is 38.8 Å². The first kappa shape index (κ1) is 36.5. The van der Waals surface area contributed by atoms with Crippen LogP contribution >= 0.6 is 0 Å². The summed E-state index contributed by atoms with van der Waals surface area (Å²) >= 11 is 0. The zero-order chi connectivity index (χ0) is 35.9. The fraction of sp³-hybridized carbons (Fsp3) is 0.526. The summed E-state index contributed by atoms with van der Waals surface area (Å²) in [5.74, 6) is -3.46. The van der Waals surface area contributed by atoms with Crippen molar-refractivity contribution in [3.63, 3.8) is 0 Å². The summed E-state index contributed by atoms with van der Waals surface area (Å²) in [6.45, 7) is 7.84. The molecule has 268 valence electrons. The van der Waals surface area contributed by atoms with Gasteiger partial charge >= 0.3 is 0 Å². The molecule has 2 aromatic rings. The Labute approximate surface area is 294 Å². The first-order chi connectivity index (χ1) is 23.9. The number of amides is 6. The second kappa shape index (κ2) is 16.3. The van der Waals surface area contributed by atoms with Gasteiger partial charge in [-0.05, 0) is 48.6 Å². The monoisotopic (exact) mass is 686 g/mol. The number of nitrogens with one attached hydrogen (secondary N) is 4. The van der Waals surface area contributed by atoms with E-state index in [-0.39, 0.29) is 24.7 Å². The average molecular weight is 687 g/mol. The van der Waals surface area contributed by atoms with Crippen molar-refractivity contribution in [1.29, 1.82) is 0 Å². The van der Waals surface area contributed by atoms with Crippen molar-refractivity contribution in [2.45, 2.75) is 102 Å². The fourth-order valence-electron chi connectivity index (χ4n) is 7.20. The fourth-order valence-corrected chi connectivity index (χ4v) is 7.20. The van der Waals surface area contributed by atoms with Crippen molar-refractivity contribution >= 4 is 35.4 Å². The highest BCUT2D eigenvalue weighted by Gasteiger charge is 2.43. The maximum Gasteiger partial charge on any atom is 0.246 e. The number of benzene rings is 2. The number of rotatable bonds is 6. The summed E-state index contributed by atoms with van der Waals surface area (Å²) in [6, 6.07) is 12.9. The molecule has 0 aromatic heterocycles. The van der Waals surface area contributed by atoms with Crippen molar-refractivity contribution in [2.24, 2.45) is 11.8 Å². The molecule has 12 heteroatoms. The van der Waals surface area contributed by atoms with Gasteiger partial charge in [-0.1, -0.05) is 88.4 Å². The molecule has 0 aliphatic carbocycles. The molecule has 3 heterocycles. The minimum absolute atomic E-state index is 0.180. The van der Waals surface area contributed by atoms with E-state index in [1.807, 2.05) is 60.7 Å². The molecule has 0 radical (unpaired) electrons. The van der Waals surface area contributed by atoms with Crippen molar-refractivity contribution in [1.82, 2.24) is 31.1 Å². The number of nitrogens with zero attached hydrogens (tertiary/aromatic N) is 2. The van der Waals surface area contributed by atoms with Gasteiger partial charge in [-0.25, -0.2) is 0 Å². The molecule has 0 unspecified atom stereocenters. The molecule has 6 amide bonds. The van der Waals surface area contributed by atoms with E-state index in [4.69, 9.17) is 0 Å². The van der Waals surface area contributed by atoms with Gasteiger partial charge in [0.25, 0.3) is 0 Å². The van der Waals surface area contributed by atoms with E-state index in [9.17, 15) is 28.8 Å². The smallest absolute Gasteiger partial charge is 0.246 e. The van der Waals surface area contributed by atoms with Crippen LogP contribution in [0.15, 0.2) is 60.7 Å². The van der Waals surface area contributed by atoms with E-state index in [1.165, 1.54) is 9.80 Å². The summed E-state index contributed by atoms with van der Waals surface area (Å²) < 4.78 is 0. The van der Waals surface area contributed by atoms with E-state index in [1.54, 1.807) is 27.7 Å². The predicted octanol–water partition coefficient (Wildman–Crippen LogP) is 1.72. The van der Waals surface area contributed by atoms with Gasteiger partial charge in [-0.3, -0.25) is 28.8 Å². The highest BCUT2D eigenvalue weighted by Crippen LogP contribution is 2.23. The van der Waals surface area contributed by atoms with Gasteiger partial charge in [0.05, 0.1) is 0 Å². The minimum atomic E-state index is -1.01. The summed E-state index contributed by atoms with van der Waals surface area (Å²) in [5, 5.41) is 11.6. The van der Waals surface area contributed by atoms with Crippen LogP contribution in [0.2, 0.25) is 0 Å². The Balaban J connectivity index is 1.53. The Morgan fingerprint density at radius 3 is 1.24 bits per heavy atom. The molecule has 12 nitrogen and oxygen atoms in total. The van der Waals surface area contributed by atoms with Gasteiger partial charge in [-0.2, -0.15) is 0 Å². The van der Waals surface area contributed by atoms with Gasteiger partial charge in [0.15, 0.2) is 0 Å². The van der Waals surface area contributed by atoms with Crippen LogP contribution in [0.1, 0.15) is 64.5 Å². The Morgan fingerprint density at radius 1 is 0.540 bits per heavy atom. The highest BCUT2D eigenvalue weighted by molar-refractivity contribution is 5.98. The molecule has 6 atom stereocenters. The third-order valence-corrected chi connectivity index (χ3v) is 9.97. The highest BCUT2D eigenvalue weighted by atomic mass is 16.2. The summed E-state index contributed by atoms with van der Waals surface area (Å²) in [5.41, 5.74) is 1.64. The van der Waals surface area contributed by atoms with Crippen molar-refractivity contribution in [2.75, 3.05) is 13.1 Å². The van der Waals surface area contributed by atoms with Gasteiger partial charge in [0, 0.05) is 25.9 Å². The Hall–Kier alpha value is -4.74. The second-order valence-electron chi connectivity index (χ2n) is 14.3. The van der Waals surface area contributed by atoms with E-state index >= 15 is 0 Å². The van der Waals surface area contributed by atoms with Gasteiger partial charge in [0.1, 0.15) is 36.3 Å². The lowest BCUT2D eigenvalue weighted by atomic mass is 9.98. The van der Waals surface area contributed by atoms with Crippen LogP contribution in [0.25, 0.3) is 0 Å². The third kappa shape index (κ3) is 8.51. The Kier molecular flexibility index (Phi) is 11.9. The first-order valence-corrected chi connectivity index (χ1v) is 17.8. The number of hydrogen-bond acceptors (Lipinski definition) is 6. The molecule has 3 fully saturated rings. The maximum absolute atomic E-state index is 14.3. The minimum Gasteiger partial charge on any atom is -0.342 e. The topological polar surface area (TPSA) is 157 Å². The van der Waals surface area contributed by atoms with E-state index in [2.05, 4.69) is 21.3 Å². The Bertz CT molecular complexity index is 1430. The normalized spacial score (nSPS) is 27.2. The zero-order valence-electron chi connectivity index (χ0n) is 29.4.